The Balaban J connectivity index is 1.47. The summed E-state index contributed by atoms with van der Waals surface area (Å²) >= 11 is 0. The molecular weight excluding hydrogens is 238 g/mol. The van der Waals surface area contributed by atoms with Gasteiger partial charge in [0.15, 0.2) is 5.82 Å². The van der Waals surface area contributed by atoms with E-state index in [1.54, 1.807) is 6.20 Å². The SMILES string of the molecule is c1ccc2c(NCCCOCC3CC3)nncc2c1. The first kappa shape index (κ1) is 12.4. The van der Waals surface area contributed by atoms with Crippen LogP contribution in [0.15, 0.2) is 30.5 Å². The minimum atomic E-state index is 0.821. The van der Waals surface area contributed by atoms with Crippen molar-refractivity contribution in [2.75, 3.05) is 25.1 Å². The molecule has 19 heavy (non-hydrogen) atoms. The minimum Gasteiger partial charge on any atom is -0.381 e. The smallest absolute Gasteiger partial charge is 0.156 e. The van der Waals surface area contributed by atoms with Gasteiger partial charge in [0.05, 0.1) is 6.20 Å². The molecule has 1 aliphatic rings. The fourth-order valence-electron chi connectivity index (χ4n) is 2.07. The van der Waals surface area contributed by atoms with Gasteiger partial charge in [0.2, 0.25) is 0 Å². The lowest BCUT2D eigenvalue weighted by Gasteiger charge is -2.08. The zero-order valence-electron chi connectivity index (χ0n) is 11.0. The summed E-state index contributed by atoms with van der Waals surface area (Å²) < 4.78 is 5.61. The minimum absolute atomic E-state index is 0.821. The second kappa shape index (κ2) is 5.97. The average Bonchev–Trinajstić information content (AvgIpc) is 3.27. The number of nitrogens with one attached hydrogen (secondary N) is 1. The van der Waals surface area contributed by atoms with Gasteiger partial charge in [0.25, 0.3) is 0 Å². The summed E-state index contributed by atoms with van der Waals surface area (Å²) in [5.41, 5.74) is 0. The summed E-state index contributed by atoms with van der Waals surface area (Å²) in [6.07, 6.45) is 5.49. The topological polar surface area (TPSA) is 47.0 Å². The van der Waals surface area contributed by atoms with Crippen molar-refractivity contribution in [3.63, 3.8) is 0 Å². The highest BCUT2D eigenvalue weighted by Gasteiger charge is 2.20. The van der Waals surface area contributed by atoms with Gasteiger partial charge in [-0.25, -0.2) is 0 Å². The number of anilines is 1. The largest absolute Gasteiger partial charge is 0.381 e. The third-order valence-electron chi connectivity index (χ3n) is 3.38. The lowest BCUT2D eigenvalue weighted by molar-refractivity contribution is 0.124. The monoisotopic (exact) mass is 257 g/mol. The molecule has 1 fully saturated rings. The Hall–Kier alpha value is -1.68. The van der Waals surface area contributed by atoms with Crippen LogP contribution in [0.4, 0.5) is 5.82 Å². The molecule has 0 aliphatic heterocycles. The molecule has 0 bridgehead atoms. The van der Waals surface area contributed by atoms with Gasteiger partial charge in [-0.3, -0.25) is 0 Å². The van der Waals surface area contributed by atoms with Crippen LogP contribution in [-0.2, 0) is 4.74 Å². The van der Waals surface area contributed by atoms with Crippen molar-refractivity contribution < 1.29 is 4.74 Å². The van der Waals surface area contributed by atoms with Gasteiger partial charge >= 0.3 is 0 Å². The molecule has 0 unspecified atom stereocenters. The zero-order chi connectivity index (χ0) is 12.9. The number of ether oxygens (including phenoxy) is 1. The lowest BCUT2D eigenvalue weighted by atomic mass is 10.2. The molecule has 0 spiro atoms. The summed E-state index contributed by atoms with van der Waals surface area (Å²) in [5.74, 6) is 1.71. The Morgan fingerprint density at radius 1 is 1.26 bits per heavy atom. The third kappa shape index (κ3) is 3.41. The summed E-state index contributed by atoms with van der Waals surface area (Å²) in [6, 6.07) is 8.15. The maximum atomic E-state index is 5.61. The van der Waals surface area contributed by atoms with Gasteiger partial charge < -0.3 is 10.1 Å². The molecule has 1 aromatic heterocycles. The van der Waals surface area contributed by atoms with E-state index in [0.29, 0.717) is 0 Å². The van der Waals surface area contributed by atoms with E-state index in [4.69, 9.17) is 4.74 Å². The Morgan fingerprint density at radius 2 is 2.16 bits per heavy atom. The van der Waals surface area contributed by atoms with Crippen molar-refractivity contribution in [2.24, 2.45) is 5.92 Å². The van der Waals surface area contributed by atoms with Crippen LogP contribution >= 0.6 is 0 Å². The van der Waals surface area contributed by atoms with Crippen molar-refractivity contribution in [3.8, 4) is 0 Å². The van der Waals surface area contributed by atoms with Gasteiger partial charge in [-0.2, -0.15) is 5.10 Å². The lowest BCUT2D eigenvalue weighted by Crippen LogP contribution is -2.08. The molecule has 100 valence electrons. The number of hydrogen-bond donors (Lipinski definition) is 1. The average molecular weight is 257 g/mol. The molecule has 4 nitrogen and oxygen atoms in total. The van der Waals surface area contributed by atoms with Crippen LogP contribution in [0.3, 0.4) is 0 Å². The van der Waals surface area contributed by atoms with Crippen LogP contribution in [-0.4, -0.2) is 30.0 Å². The Morgan fingerprint density at radius 3 is 3.05 bits per heavy atom. The molecule has 4 heteroatoms. The molecule has 0 atom stereocenters. The second-order valence-electron chi connectivity index (χ2n) is 5.08. The van der Waals surface area contributed by atoms with E-state index in [0.717, 1.165) is 48.7 Å². The quantitative estimate of drug-likeness (QED) is 0.775. The molecule has 0 radical (unpaired) electrons. The van der Waals surface area contributed by atoms with Crippen LogP contribution < -0.4 is 5.32 Å². The highest BCUT2D eigenvalue weighted by Crippen LogP contribution is 2.28. The van der Waals surface area contributed by atoms with Crippen molar-refractivity contribution >= 4 is 16.6 Å². The number of nitrogens with zero attached hydrogens (tertiary/aromatic N) is 2. The van der Waals surface area contributed by atoms with E-state index in [-0.39, 0.29) is 0 Å². The number of aromatic nitrogens is 2. The van der Waals surface area contributed by atoms with Crippen molar-refractivity contribution in [1.29, 1.82) is 0 Å². The van der Waals surface area contributed by atoms with E-state index in [1.807, 2.05) is 18.2 Å². The first-order valence-electron chi connectivity index (χ1n) is 6.95. The molecule has 1 heterocycles. The van der Waals surface area contributed by atoms with Crippen molar-refractivity contribution in [1.82, 2.24) is 10.2 Å². The number of hydrogen-bond acceptors (Lipinski definition) is 4. The van der Waals surface area contributed by atoms with Gasteiger partial charge in [-0.15, -0.1) is 5.10 Å². The fourth-order valence-corrected chi connectivity index (χ4v) is 2.07. The third-order valence-corrected chi connectivity index (χ3v) is 3.38. The maximum absolute atomic E-state index is 5.61. The Kier molecular flexibility index (Phi) is 3.89. The Labute approximate surface area is 113 Å². The summed E-state index contributed by atoms with van der Waals surface area (Å²) in [5, 5.41) is 13.8. The molecule has 1 aliphatic carbocycles. The van der Waals surface area contributed by atoms with Gasteiger partial charge in [-0.05, 0) is 25.2 Å². The summed E-state index contributed by atoms with van der Waals surface area (Å²) in [4.78, 5) is 0. The van der Waals surface area contributed by atoms with Crippen LogP contribution in [0.1, 0.15) is 19.3 Å². The molecule has 1 aromatic carbocycles. The van der Waals surface area contributed by atoms with Crippen LogP contribution in [0.5, 0.6) is 0 Å². The van der Waals surface area contributed by atoms with Crippen LogP contribution in [0, 0.1) is 5.92 Å². The van der Waals surface area contributed by atoms with E-state index >= 15 is 0 Å². The van der Waals surface area contributed by atoms with E-state index < -0.39 is 0 Å². The highest BCUT2D eigenvalue weighted by molar-refractivity contribution is 5.90. The van der Waals surface area contributed by atoms with Crippen LogP contribution in [0.2, 0.25) is 0 Å². The maximum Gasteiger partial charge on any atom is 0.156 e. The van der Waals surface area contributed by atoms with Crippen molar-refractivity contribution in [2.45, 2.75) is 19.3 Å². The highest BCUT2D eigenvalue weighted by atomic mass is 16.5. The molecule has 0 amide bonds. The first-order valence-corrected chi connectivity index (χ1v) is 6.95. The van der Waals surface area contributed by atoms with Crippen molar-refractivity contribution in [3.05, 3.63) is 30.5 Å². The van der Waals surface area contributed by atoms with Gasteiger partial charge in [-0.1, -0.05) is 24.3 Å². The predicted octanol–water partition coefficient (Wildman–Crippen LogP) is 2.86. The number of rotatable bonds is 7. The Bertz CT molecular complexity index is 534. The van der Waals surface area contributed by atoms with Crippen LogP contribution in [0.25, 0.3) is 10.8 Å². The van der Waals surface area contributed by atoms with Gasteiger partial charge in [0, 0.05) is 30.5 Å². The number of benzene rings is 1. The second-order valence-corrected chi connectivity index (χ2v) is 5.08. The molecule has 0 saturated heterocycles. The molecule has 3 rings (SSSR count). The standard InChI is InChI=1S/C15H19N3O/c1-2-5-14-13(4-1)10-17-18-15(14)16-8-3-9-19-11-12-6-7-12/h1-2,4-5,10,12H,3,6-9,11H2,(H,16,18). The molecule has 1 N–H and O–H groups in total. The van der Waals surface area contributed by atoms with Gasteiger partial charge in [0.1, 0.15) is 0 Å². The van der Waals surface area contributed by atoms with E-state index in [1.165, 1.54) is 12.8 Å². The normalized spacial score (nSPS) is 14.7. The predicted molar refractivity (Wildman–Crippen MR) is 76.2 cm³/mol. The summed E-state index contributed by atoms with van der Waals surface area (Å²) in [7, 11) is 0. The number of fused-ring (bicyclic) bond motifs is 1. The molecule has 2 aromatic rings. The van der Waals surface area contributed by atoms with E-state index in [9.17, 15) is 0 Å². The first-order chi connectivity index (χ1) is 9.43. The molecular formula is C15H19N3O. The summed E-state index contributed by atoms with van der Waals surface area (Å²) in [6.45, 7) is 2.63. The van der Waals surface area contributed by atoms with E-state index in [2.05, 4.69) is 21.6 Å². The zero-order valence-corrected chi connectivity index (χ0v) is 11.0. The fraction of sp³-hybridized carbons (Fsp3) is 0.467. The molecule has 1 saturated carbocycles.